The minimum absolute atomic E-state index is 0.0128. The lowest BCUT2D eigenvalue weighted by Gasteiger charge is -2.33. The molecule has 1 saturated heterocycles. The highest BCUT2D eigenvalue weighted by molar-refractivity contribution is 7.99. The van der Waals surface area contributed by atoms with Crippen LogP contribution in [0.15, 0.2) is 29.2 Å². The van der Waals surface area contributed by atoms with Crippen molar-refractivity contribution in [2.45, 2.75) is 17.4 Å². The van der Waals surface area contributed by atoms with Gasteiger partial charge >= 0.3 is 5.97 Å². The highest BCUT2D eigenvalue weighted by Gasteiger charge is 2.34. The Morgan fingerprint density at radius 3 is 2.65 bits per heavy atom. The number of hydrogen-bond donors (Lipinski definition) is 1. The van der Waals surface area contributed by atoms with Gasteiger partial charge in [-0.05, 0) is 24.3 Å². The summed E-state index contributed by atoms with van der Waals surface area (Å²) in [6.07, 6.45) is -0.229. The number of aliphatic carboxylic acids is 1. The van der Waals surface area contributed by atoms with Gasteiger partial charge in [0.25, 0.3) is 0 Å². The summed E-state index contributed by atoms with van der Waals surface area (Å²) in [5, 5.41) is 8.88. The quantitative estimate of drug-likeness (QED) is 0.908. The third-order valence-electron chi connectivity index (χ3n) is 3.00. The molecule has 1 heterocycles. The van der Waals surface area contributed by atoms with Crippen LogP contribution in [0.3, 0.4) is 0 Å². The zero-order chi connectivity index (χ0) is 14.8. The summed E-state index contributed by atoms with van der Waals surface area (Å²) < 4.78 is 39.1. The van der Waals surface area contributed by atoms with Gasteiger partial charge in [-0.1, -0.05) is 0 Å². The molecule has 0 radical (unpaired) electrons. The third-order valence-corrected chi connectivity index (χ3v) is 6.06. The van der Waals surface area contributed by atoms with E-state index in [0.29, 0.717) is 11.5 Å². The van der Waals surface area contributed by atoms with E-state index in [4.69, 9.17) is 5.11 Å². The van der Waals surface area contributed by atoms with E-state index < -0.39 is 27.9 Å². The molecule has 5 nitrogen and oxygen atoms in total. The van der Waals surface area contributed by atoms with Crippen molar-refractivity contribution in [3.05, 3.63) is 30.1 Å². The Morgan fingerprint density at radius 1 is 1.40 bits per heavy atom. The standard InChI is InChI=1S/C12H14FNO4S2/c13-9-1-3-11(4-2-9)20(17,18)14-5-6-19-8-10(14)7-12(15)16/h1-4,10H,5-8H2,(H,15,16). The largest absolute Gasteiger partial charge is 0.481 e. The van der Waals surface area contributed by atoms with Crippen LogP contribution in [0, 0.1) is 5.82 Å². The molecule has 0 amide bonds. The van der Waals surface area contributed by atoms with Crippen LogP contribution in [0.1, 0.15) is 6.42 Å². The fourth-order valence-electron chi connectivity index (χ4n) is 2.06. The number of halogens is 1. The van der Waals surface area contributed by atoms with Crippen molar-refractivity contribution >= 4 is 27.8 Å². The average Bonchev–Trinajstić information content (AvgIpc) is 2.39. The van der Waals surface area contributed by atoms with Gasteiger partial charge in [0.1, 0.15) is 5.82 Å². The fraction of sp³-hybridized carbons (Fsp3) is 0.417. The second-order valence-corrected chi connectivity index (χ2v) is 7.44. The first-order valence-corrected chi connectivity index (χ1v) is 8.57. The van der Waals surface area contributed by atoms with E-state index >= 15 is 0 Å². The maximum absolute atomic E-state index is 12.9. The molecule has 0 bridgehead atoms. The first-order chi connectivity index (χ1) is 9.41. The number of nitrogens with zero attached hydrogens (tertiary/aromatic N) is 1. The number of carboxylic acid groups (broad SMARTS) is 1. The van der Waals surface area contributed by atoms with E-state index in [1.165, 1.54) is 28.2 Å². The van der Waals surface area contributed by atoms with Gasteiger partial charge in [0.05, 0.1) is 11.3 Å². The first-order valence-electron chi connectivity index (χ1n) is 5.98. The van der Waals surface area contributed by atoms with Gasteiger partial charge in [0.2, 0.25) is 10.0 Å². The van der Waals surface area contributed by atoms with Crippen molar-refractivity contribution in [3.63, 3.8) is 0 Å². The lowest BCUT2D eigenvalue weighted by atomic mass is 10.2. The summed E-state index contributed by atoms with van der Waals surface area (Å²) in [7, 11) is -3.78. The second kappa shape index (κ2) is 6.11. The second-order valence-electron chi connectivity index (χ2n) is 4.40. The summed E-state index contributed by atoms with van der Waals surface area (Å²) >= 11 is 1.53. The zero-order valence-electron chi connectivity index (χ0n) is 10.5. The third kappa shape index (κ3) is 3.31. The van der Waals surface area contributed by atoms with E-state index in [1.807, 2.05) is 0 Å². The molecule has 0 spiro atoms. The number of rotatable bonds is 4. The predicted molar refractivity (Wildman–Crippen MR) is 73.7 cm³/mol. The number of benzene rings is 1. The Labute approximate surface area is 120 Å². The minimum Gasteiger partial charge on any atom is -0.481 e. The summed E-state index contributed by atoms with van der Waals surface area (Å²) in [5.74, 6) is -0.472. The molecule has 2 rings (SSSR count). The van der Waals surface area contributed by atoms with Gasteiger partial charge in [0.15, 0.2) is 0 Å². The molecular formula is C12H14FNO4S2. The molecule has 1 N–H and O–H groups in total. The Morgan fingerprint density at radius 2 is 2.05 bits per heavy atom. The van der Waals surface area contributed by atoms with E-state index in [9.17, 15) is 17.6 Å². The molecule has 1 aliphatic rings. The van der Waals surface area contributed by atoms with E-state index in [2.05, 4.69) is 0 Å². The fourth-order valence-corrected chi connectivity index (χ4v) is 4.96. The highest BCUT2D eigenvalue weighted by atomic mass is 32.2. The van der Waals surface area contributed by atoms with Crippen molar-refractivity contribution in [1.82, 2.24) is 4.31 Å². The maximum atomic E-state index is 12.9. The van der Waals surface area contributed by atoms with Crippen molar-refractivity contribution < 1.29 is 22.7 Å². The summed E-state index contributed by atoms with van der Waals surface area (Å²) in [6.45, 7) is 0.266. The van der Waals surface area contributed by atoms with Crippen molar-refractivity contribution in [3.8, 4) is 0 Å². The van der Waals surface area contributed by atoms with Crippen LogP contribution in [-0.4, -0.2) is 47.9 Å². The normalized spacial score (nSPS) is 20.8. The van der Waals surface area contributed by atoms with Crippen LogP contribution in [0.5, 0.6) is 0 Å². The monoisotopic (exact) mass is 319 g/mol. The van der Waals surface area contributed by atoms with Crippen LogP contribution >= 0.6 is 11.8 Å². The molecule has 1 fully saturated rings. The molecule has 8 heteroatoms. The molecule has 0 aromatic heterocycles. The Kier molecular flexibility index (Phi) is 4.66. The number of hydrogen-bond acceptors (Lipinski definition) is 4. The summed E-state index contributed by atoms with van der Waals surface area (Å²) in [4.78, 5) is 10.8. The van der Waals surface area contributed by atoms with Gasteiger partial charge in [-0.3, -0.25) is 4.79 Å². The molecule has 20 heavy (non-hydrogen) atoms. The predicted octanol–water partition coefficient (Wildman–Crippen LogP) is 1.41. The Bertz CT molecular complexity index is 588. The SMILES string of the molecule is O=C(O)CC1CSCCN1S(=O)(=O)c1ccc(F)cc1. The summed E-state index contributed by atoms with van der Waals surface area (Å²) in [6, 6.07) is 3.99. The van der Waals surface area contributed by atoms with Crippen LogP contribution < -0.4 is 0 Å². The van der Waals surface area contributed by atoms with Gasteiger partial charge in [-0.15, -0.1) is 0 Å². The highest BCUT2D eigenvalue weighted by Crippen LogP contribution is 2.26. The lowest BCUT2D eigenvalue weighted by Crippen LogP contribution is -2.46. The van der Waals surface area contributed by atoms with E-state index in [0.717, 1.165) is 12.1 Å². The van der Waals surface area contributed by atoms with Gasteiger partial charge < -0.3 is 5.11 Å². The lowest BCUT2D eigenvalue weighted by molar-refractivity contribution is -0.137. The zero-order valence-corrected chi connectivity index (χ0v) is 12.2. The number of carbonyl (C=O) groups is 1. The number of carboxylic acids is 1. The molecule has 1 atom stereocenters. The molecule has 1 aliphatic heterocycles. The Hall–Kier alpha value is -1.12. The smallest absolute Gasteiger partial charge is 0.305 e. The molecule has 1 aromatic carbocycles. The van der Waals surface area contributed by atoms with Gasteiger partial charge in [-0.25, -0.2) is 12.8 Å². The number of thioether (sulfide) groups is 1. The molecule has 110 valence electrons. The average molecular weight is 319 g/mol. The molecule has 1 aromatic rings. The number of sulfonamides is 1. The van der Waals surface area contributed by atoms with Crippen molar-refractivity contribution in [2.24, 2.45) is 0 Å². The topological polar surface area (TPSA) is 74.7 Å². The van der Waals surface area contributed by atoms with Crippen LogP contribution in [0.4, 0.5) is 4.39 Å². The maximum Gasteiger partial charge on any atom is 0.305 e. The Balaban J connectivity index is 2.30. The molecule has 0 aliphatic carbocycles. The minimum atomic E-state index is -3.78. The molecule has 1 unspecified atom stereocenters. The van der Waals surface area contributed by atoms with Crippen LogP contribution in [0.2, 0.25) is 0 Å². The van der Waals surface area contributed by atoms with Crippen molar-refractivity contribution in [1.29, 1.82) is 0 Å². The van der Waals surface area contributed by atoms with E-state index in [-0.39, 0.29) is 17.9 Å². The molecular weight excluding hydrogens is 305 g/mol. The van der Waals surface area contributed by atoms with Gasteiger partial charge in [0, 0.05) is 24.1 Å². The van der Waals surface area contributed by atoms with E-state index in [1.54, 1.807) is 0 Å². The summed E-state index contributed by atoms with van der Waals surface area (Å²) in [5.41, 5.74) is 0. The van der Waals surface area contributed by atoms with Gasteiger partial charge in [-0.2, -0.15) is 16.1 Å². The van der Waals surface area contributed by atoms with Crippen LogP contribution in [0.25, 0.3) is 0 Å². The molecule has 0 saturated carbocycles. The first kappa shape index (κ1) is 15.3. The van der Waals surface area contributed by atoms with Crippen LogP contribution in [-0.2, 0) is 14.8 Å². The van der Waals surface area contributed by atoms with Crippen molar-refractivity contribution in [2.75, 3.05) is 18.1 Å².